The van der Waals surface area contributed by atoms with Crippen molar-refractivity contribution in [3.63, 3.8) is 0 Å². The predicted octanol–water partition coefficient (Wildman–Crippen LogP) is 7.81. The highest BCUT2D eigenvalue weighted by Gasteiger charge is 2.54. The minimum atomic E-state index is -5.38. The molecule has 0 aromatic carbocycles. The molecule has 380 valence electrons. The third kappa shape index (κ3) is 31.4. The Morgan fingerprint density at radius 1 is 0.561 bits per heavy atom. The number of aliphatic hydroxyl groups excluding tert-OH is 5. The summed E-state index contributed by atoms with van der Waals surface area (Å²) in [7, 11) is -10.7. The van der Waals surface area contributed by atoms with Crippen molar-refractivity contribution in [2.75, 3.05) is 13.2 Å². The maximum Gasteiger partial charge on any atom is 0.472 e. The Morgan fingerprint density at radius 2 is 1.08 bits per heavy atom. The van der Waals surface area contributed by atoms with Gasteiger partial charge in [-0.3, -0.25) is 23.2 Å². The van der Waals surface area contributed by atoms with Gasteiger partial charge < -0.3 is 49.7 Å². The molecule has 5 unspecified atom stereocenters. The van der Waals surface area contributed by atoms with Gasteiger partial charge in [0.1, 0.15) is 43.2 Å². The molecule has 0 heterocycles. The van der Waals surface area contributed by atoms with Crippen LogP contribution in [0.15, 0.2) is 72.9 Å². The largest absolute Gasteiger partial charge is 0.472 e. The smallest absolute Gasteiger partial charge is 0.462 e. The summed E-state index contributed by atoms with van der Waals surface area (Å²) >= 11 is 0. The van der Waals surface area contributed by atoms with Crippen molar-refractivity contribution in [1.82, 2.24) is 0 Å². The highest BCUT2D eigenvalue weighted by molar-refractivity contribution is 7.47. The molecule has 19 heteroatoms. The minimum absolute atomic E-state index is 0.0584. The molecule has 0 bridgehead atoms. The van der Waals surface area contributed by atoms with E-state index in [0.717, 1.165) is 77.0 Å². The van der Waals surface area contributed by atoms with E-state index in [2.05, 4.69) is 42.7 Å². The van der Waals surface area contributed by atoms with Gasteiger partial charge >= 0.3 is 27.6 Å². The number of hydrogen-bond acceptors (Lipinski definition) is 14. The number of phosphoric acid groups is 2. The molecule has 1 aliphatic rings. The molecule has 1 fully saturated rings. The molecule has 0 spiro atoms. The molecular formula is C47H80O17P2. The van der Waals surface area contributed by atoms with E-state index in [1.165, 1.54) is 19.3 Å². The first kappa shape index (κ1) is 61.4. The molecule has 1 aliphatic carbocycles. The first-order valence-electron chi connectivity index (χ1n) is 23.6. The normalized spacial score (nSPS) is 22.6. The zero-order chi connectivity index (χ0) is 49.1. The predicted molar refractivity (Wildman–Crippen MR) is 252 cm³/mol. The summed E-state index contributed by atoms with van der Waals surface area (Å²) in [6.45, 7) is 2.89. The summed E-state index contributed by atoms with van der Waals surface area (Å²) in [5, 5.41) is 51.1. The van der Waals surface area contributed by atoms with E-state index in [9.17, 15) is 49.1 Å². The lowest BCUT2D eigenvalue weighted by atomic mass is 9.85. The van der Waals surface area contributed by atoms with Gasteiger partial charge in [0, 0.05) is 12.8 Å². The number of rotatable bonds is 38. The van der Waals surface area contributed by atoms with Gasteiger partial charge in [-0.05, 0) is 70.6 Å². The summed E-state index contributed by atoms with van der Waals surface area (Å²) in [6.07, 6.45) is 26.1. The minimum Gasteiger partial charge on any atom is -0.462 e. The average Bonchev–Trinajstić information content (AvgIpc) is 3.26. The summed E-state index contributed by atoms with van der Waals surface area (Å²) < 4.78 is 49.2. The SMILES string of the molecule is CCCCC/C=C\C/C=C\CCCCCCCC(=O)OC[C@H](COP(=O)(O)O[C@H]1C(O)C(O)C(O)[C@@H](OP(=O)(O)O)C1O)OC(=O)CCC/C=C\C/C=C\C/C=C\C=C\[C@@H](O)CCCCC. The standard InChI is InChI=1S/C47H80O17P2/c1-3-5-7-8-9-10-11-12-13-14-17-20-23-26-30-34-40(49)60-36-39(37-61-66(58,59)64-47-44(53)42(51)43(52)46(45(47)54)63-65(55,56)57)62-41(50)35-31-27-24-21-18-15-16-19-22-25-29-33-38(48)32-28-6-4-2/h9-10,12-13,15-16,21-22,24-25,29,33,38-39,42-48,51-54H,3-8,11,14,17-20,23,26-28,30-32,34-37H2,1-2H3,(H,58,59)(H2,55,56,57)/b10-9-,13-12-,16-15-,24-21-,25-22-,33-29+/t38-,39+,42?,43?,44?,45?,46+,47-/m0/s1. The first-order chi connectivity index (χ1) is 31.5. The van der Waals surface area contributed by atoms with Crippen LogP contribution in [0.4, 0.5) is 0 Å². The fraction of sp³-hybridized carbons (Fsp3) is 0.702. The van der Waals surface area contributed by atoms with Crippen LogP contribution < -0.4 is 0 Å². The number of hydrogen-bond donors (Lipinski definition) is 8. The second-order valence-electron chi connectivity index (χ2n) is 16.3. The molecule has 1 rings (SSSR count). The number of esters is 2. The summed E-state index contributed by atoms with van der Waals surface area (Å²) in [6, 6.07) is 0. The van der Waals surface area contributed by atoms with Crippen LogP contribution in [-0.4, -0.2) is 114 Å². The van der Waals surface area contributed by atoms with Crippen LogP contribution in [0.5, 0.6) is 0 Å². The van der Waals surface area contributed by atoms with Crippen LogP contribution in [0.25, 0.3) is 0 Å². The number of ether oxygens (including phenoxy) is 2. The Labute approximate surface area is 392 Å². The first-order valence-corrected chi connectivity index (χ1v) is 26.6. The zero-order valence-electron chi connectivity index (χ0n) is 39.0. The zero-order valence-corrected chi connectivity index (χ0v) is 40.7. The molecule has 0 aromatic rings. The van der Waals surface area contributed by atoms with E-state index in [-0.39, 0.29) is 12.8 Å². The molecule has 0 aromatic heterocycles. The van der Waals surface area contributed by atoms with Crippen LogP contribution in [0.3, 0.4) is 0 Å². The Balaban J connectivity index is 2.67. The molecule has 0 amide bonds. The molecule has 66 heavy (non-hydrogen) atoms. The van der Waals surface area contributed by atoms with Gasteiger partial charge in [-0.2, -0.15) is 0 Å². The lowest BCUT2D eigenvalue weighted by Gasteiger charge is -2.43. The molecule has 0 aliphatic heterocycles. The van der Waals surface area contributed by atoms with E-state index in [0.29, 0.717) is 25.7 Å². The van der Waals surface area contributed by atoms with Gasteiger partial charge in [-0.15, -0.1) is 0 Å². The highest BCUT2D eigenvalue weighted by atomic mass is 31.2. The molecule has 0 radical (unpaired) electrons. The van der Waals surface area contributed by atoms with Crippen molar-refractivity contribution >= 4 is 27.6 Å². The molecule has 17 nitrogen and oxygen atoms in total. The number of carbonyl (C=O) groups is 2. The van der Waals surface area contributed by atoms with Gasteiger partial charge in [0.15, 0.2) is 6.10 Å². The van der Waals surface area contributed by atoms with Gasteiger partial charge in [-0.25, -0.2) is 9.13 Å². The average molecular weight is 979 g/mol. The van der Waals surface area contributed by atoms with E-state index in [1.807, 2.05) is 42.5 Å². The summed E-state index contributed by atoms with van der Waals surface area (Å²) in [5.74, 6) is -1.32. The summed E-state index contributed by atoms with van der Waals surface area (Å²) in [4.78, 5) is 54.2. The fourth-order valence-corrected chi connectivity index (χ4v) is 8.17. The van der Waals surface area contributed by atoms with E-state index in [4.69, 9.17) is 28.3 Å². The maximum atomic E-state index is 13.0. The van der Waals surface area contributed by atoms with Gasteiger partial charge in [0.25, 0.3) is 0 Å². The molecule has 9 atom stereocenters. The van der Waals surface area contributed by atoms with Crippen molar-refractivity contribution in [2.24, 2.45) is 0 Å². The quantitative estimate of drug-likeness (QED) is 0.00963. The number of allylic oxidation sites excluding steroid dienone is 11. The third-order valence-corrected chi connectivity index (χ3v) is 11.9. The monoisotopic (exact) mass is 978 g/mol. The number of aliphatic hydroxyl groups is 5. The van der Waals surface area contributed by atoms with Crippen LogP contribution >= 0.6 is 15.6 Å². The van der Waals surface area contributed by atoms with Crippen LogP contribution in [-0.2, 0) is 41.8 Å². The number of unbranched alkanes of at least 4 members (excludes halogenated alkanes) is 11. The van der Waals surface area contributed by atoms with Gasteiger partial charge in [-0.1, -0.05) is 138 Å². The molecule has 0 saturated heterocycles. The third-order valence-electron chi connectivity index (χ3n) is 10.4. The van der Waals surface area contributed by atoms with E-state index in [1.54, 1.807) is 6.08 Å². The fourth-order valence-electron chi connectivity index (χ4n) is 6.63. The van der Waals surface area contributed by atoms with Crippen LogP contribution in [0.2, 0.25) is 0 Å². The van der Waals surface area contributed by atoms with Crippen LogP contribution in [0.1, 0.15) is 149 Å². The number of phosphoric ester groups is 2. The van der Waals surface area contributed by atoms with Gasteiger partial charge in [0.05, 0.1) is 12.7 Å². The molecule has 1 saturated carbocycles. The van der Waals surface area contributed by atoms with E-state index >= 15 is 0 Å². The Hall–Kier alpha value is -2.60. The highest BCUT2D eigenvalue weighted by Crippen LogP contribution is 2.49. The molecular weight excluding hydrogens is 898 g/mol. The van der Waals surface area contributed by atoms with E-state index < -0.39 is 89.6 Å². The Morgan fingerprint density at radius 3 is 1.70 bits per heavy atom. The second kappa shape index (κ2) is 37.3. The lowest BCUT2D eigenvalue weighted by molar-refractivity contribution is -0.216. The van der Waals surface area contributed by atoms with Gasteiger partial charge in [0.2, 0.25) is 0 Å². The summed E-state index contributed by atoms with van der Waals surface area (Å²) in [5.41, 5.74) is 0. The topological polar surface area (TPSA) is 276 Å². The maximum absolute atomic E-state index is 13.0. The Kier molecular flexibility index (Phi) is 34.7. The lowest BCUT2D eigenvalue weighted by Crippen LogP contribution is -2.64. The van der Waals surface area contributed by atoms with Crippen molar-refractivity contribution in [2.45, 2.75) is 198 Å². The van der Waals surface area contributed by atoms with Crippen molar-refractivity contribution in [3.8, 4) is 0 Å². The Bertz CT molecular complexity index is 1570. The van der Waals surface area contributed by atoms with Crippen molar-refractivity contribution in [3.05, 3.63) is 72.9 Å². The molecule has 8 N–H and O–H groups in total. The number of carbonyl (C=O) groups excluding carboxylic acids is 2. The second-order valence-corrected chi connectivity index (χ2v) is 18.9. The van der Waals surface area contributed by atoms with Crippen molar-refractivity contribution < 1.29 is 82.0 Å². The van der Waals surface area contributed by atoms with Crippen LogP contribution in [0, 0.1) is 0 Å². The van der Waals surface area contributed by atoms with Crippen molar-refractivity contribution in [1.29, 1.82) is 0 Å².